The van der Waals surface area contributed by atoms with Crippen LogP contribution >= 0.6 is 45.2 Å². The van der Waals surface area contributed by atoms with E-state index in [1.54, 1.807) is 13.2 Å². The van der Waals surface area contributed by atoms with Crippen molar-refractivity contribution in [3.63, 3.8) is 0 Å². The molecule has 0 aliphatic rings. The number of methoxy groups -OCH3 is 1. The van der Waals surface area contributed by atoms with Gasteiger partial charge >= 0.3 is 0 Å². The standard InChI is InChI=1S/C25H20I2N2O3/c1-31-22-9-4-17(5-10-22)15-29-25(30)20(14-28)12-19-6-11-24(23(27)13-19)32-16-18-2-7-21(26)8-3-18/h2-13H,15-16H2,1H3,(H,29,30)/b20-12-. The van der Waals surface area contributed by atoms with Gasteiger partial charge < -0.3 is 14.8 Å². The lowest BCUT2D eigenvalue weighted by Gasteiger charge is -2.09. The number of amides is 1. The van der Waals surface area contributed by atoms with Crippen LogP contribution in [0.2, 0.25) is 0 Å². The Balaban J connectivity index is 1.62. The number of rotatable bonds is 8. The van der Waals surface area contributed by atoms with Crippen LogP contribution in [0.1, 0.15) is 16.7 Å². The summed E-state index contributed by atoms with van der Waals surface area (Å²) in [5, 5.41) is 12.2. The molecular formula is C25H20I2N2O3. The average molecular weight is 650 g/mol. The van der Waals surface area contributed by atoms with Crippen molar-refractivity contribution in [2.24, 2.45) is 0 Å². The summed E-state index contributed by atoms with van der Waals surface area (Å²) >= 11 is 4.46. The second-order valence-corrected chi connectivity index (χ2v) is 9.21. The van der Waals surface area contributed by atoms with Crippen molar-refractivity contribution in [3.05, 3.63) is 96.1 Å². The number of nitrogens with one attached hydrogen (secondary N) is 1. The van der Waals surface area contributed by atoms with Crippen LogP contribution in [-0.4, -0.2) is 13.0 Å². The van der Waals surface area contributed by atoms with E-state index in [2.05, 4.69) is 50.5 Å². The van der Waals surface area contributed by atoms with Crippen LogP contribution in [0.5, 0.6) is 11.5 Å². The highest BCUT2D eigenvalue weighted by Gasteiger charge is 2.10. The second kappa shape index (κ2) is 11.9. The molecule has 0 aliphatic heterocycles. The van der Waals surface area contributed by atoms with E-state index in [0.29, 0.717) is 13.2 Å². The minimum Gasteiger partial charge on any atom is -0.497 e. The monoisotopic (exact) mass is 650 g/mol. The van der Waals surface area contributed by atoms with E-state index in [0.717, 1.165) is 31.8 Å². The molecule has 0 radical (unpaired) electrons. The maximum Gasteiger partial charge on any atom is 0.262 e. The Kier molecular flexibility index (Phi) is 8.93. The zero-order valence-electron chi connectivity index (χ0n) is 17.3. The lowest BCUT2D eigenvalue weighted by atomic mass is 10.1. The minimum atomic E-state index is -0.419. The van der Waals surface area contributed by atoms with Gasteiger partial charge in [-0.25, -0.2) is 0 Å². The summed E-state index contributed by atoms with van der Waals surface area (Å²) in [6.45, 7) is 0.796. The molecule has 0 bridgehead atoms. The van der Waals surface area contributed by atoms with Crippen LogP contribution in [0.3, 0.4) is 0 Å². The molecule has 0 aliphatic carbocycles. The number of nitriles is 1. The van der Waals surface area contributed by atoms with Gasteiger partial charge in [-0.1, -0.05) is 30.3 Å². The fourth-order valence-corrected chi connectivity index (χ4v) is 3.86. The first-order valence-electron chi connectivity index (χ1n) is 9.68. The smallest absolute Gasteiger partial charge is 0.262 e. The topological polar surface area (TPSA) is 71.3 Å². The van der Waals surface area contributed by atoms with Gasteiger partial charge in [0.15, 0.2) is 0 Å². The van der Waals surface area contributed by atoms with Gasteiger partial charge in [0.1, 0.15) is 29.7 Å². The van der Waals surface area contributed by atoms with Crippen LogP contribution < -0.4 is 14.8 Å². The molecule has 0 aromatic heterocycles. The van der Waals surface area contributed by atoms with E-state index in [-0.39, 0.29) is 5.57 Å². The summed E-state index contributed by atoms with van der Waals surface area (Å²) in [5.74, 6) is 1.08. The van der Waals surface area contributed by atoms with Crippen LogP contribution in [0.4, 0.5) is 0 Å². The Bertz CT molecular complexity index is 1150. The predicted molar refractivity (Wildman–Crippen MR) is 141 cm³/mol. The molecule has 3 rings (SSSR count). The van der Waals surface area contributed by atoms with Crippen molar-refractivity contribution in [1.29, 1.82) is 5.26 Å². The van der Waals surface area contributed by atoms with Gasteiger partial charge in [0.2, 0.25) is 0 Å². The first-order valence-corrected chi connectivity index (χ1v) is 11.8. The molecule has 0 unspecified atom stereocenters. The van der Waals surface area contributed by atoms with Gasteiger partial charge in [-0.15, -0.1) is 0 Å². The quantitative estimate of drug-likeness (QED) is 0.193. The predicted octanol–water partition coefficient (Wildman–Crippen LogP) is 5.71. The summed E-state index contributed by atoms with van der Waals surface area (Å²) in [4.78, 5) is 12.5. The molecule has 0 saturated heterocycles. The Morgan fingerprint density at radius 3 is 2.34 bits per heavy atom. The highest BCUT2D eigenvalue weighted by Crippen LogP contribution is 2.24. The zero-order chi connectivity index (χ0) is 22.9. The number of carbonyl (C=O) groups is 1. The number of nitrogens with zero attached hydrogens (tertiary/aromatic N) is 1. The summed E-state index contributed by atoms with van der Waals surface area (Å²) in [6.07, 6.45) is 1.58. The fraction of sp³-hybridized carbons (Fsp3) is 0.120. The van der Waals surface area contributed by atoms with Crippen LogP contribution in [0.25, 0.3) is 6.08 Å². The summed E-state index contributed by atoms with van der Waals surface area (Å²) < 4.78 is 13.1. The number of carbonyl (C=O) groups excluding carboxylic acids is 1. The van der Waals surface area contributed by atoms with E-state index in [1.807, 2.05) is 72.8 Å². The van der Waals surface area contributed by atoms with Crippen molar-refractivity contribution in [2.45, 2.75) is 13.2 Å². The van der Waals surface area contributed by atoms with Crippen LogP contribution in [-0.2, 0) is 17.9 Å². The normalized spacial score (nSPS) is 10.9. The number of benzene rings is 3. The van der Waals surface area contributed by atoms with Crippen molar-refractivity contribution >= 4 is 57.2 Å². The third kappa shape index (κ3) is 6.97. The van der Waals surface area contributed by atoms with Gasteiger partial charge in [-0.2, -0.15) is 5.26 Å². The molecule has 0 spiro atoms. The SMILES string of the molecule is COc1ccc(CNC(=O)/C(C#N)=C\c2ccc(OCc3ccc(I)cc3)c(I)c2)cc1. The molecule has 32 heavy (non-hydrogen) atoms. The van der Waals surface area contributed by atoms with Gasteiger partial charge in [0.25, 0.3) is 5.91 Å². The summed E-state index contributed by atoms with van der Waals surface area (Å²) in [5.41, 5.74) is 2.81. The van der Waals surface area contributed by atoms with Gasteiger partial charge in [-0.05, 0) is 104 Å². The molecule has 0 heterocycles. The average Bonchev–Trinajstić information content (AvgIpc) is 2.81. The molecule has 3 aromatic carbocycles. The maximum absolute atomic E-state index is 12.5. The highest BCUT2D eigenvalue weighted by molar-refractivity contribution is 14.1. The zero-order valence-corrected chi connectivity index (χ0v) is 21.6. The van der Waals surface area contributed by atoms with Crippen molar-refractivity contribution < 1.29 is 14.3 Å². The second-order valence-electron chi connectivity index (χ2n) is 6.81. The van der Waals surface area contributed by atoms with Crippen LogP contribution in [0.15, 0.2) is 72.3 Å². The fourth-order valence-electron chi connectivity index (χ4n) is 2.80. The lowest BCUT2D eigenvalue weighted by molar-refractivity contribution is -0.117. The first kappa shape index (κ1) is 24.1. The first-order chi connectivity index (χ1) is 15.5. The number of hydrogen-bond acceptors (Lipinski definition) is 4. The molecule has 7 heteroatoms. The van der Waals surface area contributed by atoms with Gasteiger partial charge in [0, 0.05) is 10.1 Å². The van der Waals surface area contributed by atoms with E-state index >= 15 is 0 Å². The van der Waals surface area contributed by atoms with Crippen molar-refractivity contribution in [2.75, 3.05) is 7.11 Å². The molecule has 5 nitrogen and oxygen atoms in total. The third-order valence-electron chi connectivity index (χ3n) is 4.55. The Morgan fingerprint density at radius 1 is 1.03 bits per heavy atom. The number of ether oxygens (including phenoxy) is 2. The molecule has 3 aromatic rings. The Morgan fingerprint density at radius 2 is 1.72 bits per heavy atom. The lowest BCUT2D eigenvalue weighted by Crippen LogP contribution is -2.23. The van der Waals surface area contributed by atoms with E-state index in [1.165, 1.54) is 3.57 Å². The number of hydrogen-bond donors (Lipinski definition) is 1. The Hall–Kier alpha value is -2.58. The molecule has 1 N–H and O–H groups in total. The Labute approximate surface area is 214 Å². The third-order valence-corrected chi connectivity index (χ3v) is 6.11. The van der Waals surface area contributed by atoms with E-state index in [9.17, 15) is 10.1 Å². The van der Waals surface area contributed by atoms with Gasteiger partial charge in [-0.3, -0.25) is 4.79 Å². The summed E-state index contributed by atoms with van der Waals surface area (Å²) in [6, 6.07) is 23.1. The molecule has 0 saturated carbocycles. The molecular weight excluding hydrogens is 630 g/mol. The van der Waals surface area contributed by atoms with E-state index in [4.69, 9.17) is 9.47 Å². The van der Waals surface area contributed by atoms with Crippen molar-refractivity contribution in [1.82, 2.24) is 5.32 Å². The molecule has 0 atom stereocenters. The maximum atomic E-state index is 12.5. The molecule has 162 valence electrons. The number of halogens is 2. The molecule has 0 fully saturated rings. The summed E-state index contributed by atoms with van der Waals surface area (Å²) in [7, 11) is 1.60. The molecule has 1 amide bonds. The van der Waals surface area contributed by atoms with E-state index < -0.39 is 5.91 Å². The van der Waals surface area contributed by atoms with Gasteiger partial charge in [0.05, 0.1) is 10.7 Å². The highest BCUT2D eigenvalue weighted by atomic mass is 127. The minimum absolute atomic E-state index is 0.0434. The van der Waals surface area contributed by atoms with Crippen molar-refractivity contribution in [3.8, 4) is 17.6 Å². The van der Waals surface area contributed by atoms with Crippen LogP contribution in [0, 0.1) is 18.5 Å². The largest absolute Gasteiger partial charge is 0.497 e.